The molecule has 0 aliphatic carbocycles. The second kappa shape index (κ2) is 12.9. The summed E-state index contributed by atoms with van der Waals surface area (Å²) in [6.07, 6.45) is 6.45. The first-order valence-corrected chi connectivity index (χ1v) is 13.4. The van der Waals surface area contributed by atoms with E-state index in [1.807, 2.05) is 24.5 Å². The minimum Gasteiger partial charge on any atom is -0.493 e. The Balaban J connectivity index is 1.31. The second-order valence-electron chi connectivity index (χ2n) is 9.25. The highest BCUT2D eigenvalue weighted by Crippen LogP contribution is 2.32. The summed E-state index contributed by atoms with van der Waals surface area (Å²) in [5.74, 6) is 3.25. The van der Waals surface area contributed by atoms with E-state index in [4.69, 9.17) is 42.1 Å². The Hall–Kier alpha value is -2.45. The lowest BCUT2D eigenvalue weighted by Gasteiger charge is -2.40. The highest BCUT2D eigenvalue weighted by Gasteiger charge is 2.35. The van der Waals surface area contributed by atoms with Crippen LogP contribution in [0.1, 0.15) is 31.2 Å². The van der Waals surface area contributed by atoms with E-state index in [1.165, 1.54) is 5.56 Å². The SMILES string of the molecule is CCc1nccn1CCOc1cc(CN2CCC(COc3ccc(Cl)c(Cl)c3)(OC)CC2)ccc1OC. The van der Waals surface area contributed by atoms with Gasteiger partial charge >= 0.3 is 0 Å². The number of ether oxygens (including phenoxy) is 4. The molecule has 7 nitrogen and oxygen atoms in total. The predicted molar refractivity (Wildman–Crippen MR) is 146 cm³/mol. The summed E-state index contributed by atoms with van der Waals surface area (Å²) in [7, 11) is 3.43. The molecule has 0 amide bonds. The fourth-order valence-electron chi connectivity index (χ4n) is 4.61. The van der Waals surface area contributed by atoms with Crippen LogP contribution in [0.3, 0.4) is 0 Å². The maximum absolute atomic E-state index is 6.12. The minimum absolute atomic E-state index is 0.332. The fraction of sp³-hybridized carbons (Fsp3) is 0.464. The average Bonchev–Trinajstić information content (AvgIpc) is 3.38. The van der Waals surface area contributed by atoms with Crippen LogP contribution in [0.5, 0.6) is 17.2 Å². The maximum atomic E-state index is 6.12. The van der Waals surface area contributed by atoms with Crippen molar-refractivity contribution in [3.05, 3.63) is 70.2 Å². The van der Waals surface area contributed by atoms with E-state index in [0.29, 0.717) is 29.0 Å². The molecule has 1 aromatic heterocycles. The molecule has 1 aliphatic rings. The van der Waals surface area contributed by atoms with Gasteiger partial charge < -0.3 is 23.5 Å². The summed E-state index contributed by atoms with van der Waals surface area (Å²) in [6, 6.07) is 11.5. The van der Waals surface area contributed by atoms with Gasteiger partial charge in [-0.3, -0.25) is 4.90 Å². The molecule has 2 heterocycles. The first-order valence-electron chi connectivity index (χ1n) is 12.6. The Bertz CT molecular complexity index is 1160. The van der Waals surface area contributed by atoms with Crippen molar-refractivity contribution in [2.75, 3.05) is 40.5 Å². The molecule has 0 N–H and O–H groups in total. The van der Waals surface area contributed by atoms with Gasteiger partial charge in [0, 0.05) is 51.6 Å². The third-order valence-corrected chi connectivity index (χ3v) is 7.67. The van der Waals surface area contributed by atoms with Gasteiger partial charge in [-0.15, -0.1) is 0 Å². The average molecular weight is 549 g/mol. The summed E-state index contributed by atoms with van der Waals surface area (Å²) < 4.78 is 25.8. The number of methoxy groups -OCH3 is 2. The van der Waals surface area contributed by atoms with Crippen LogP contribution in [0.15, 0.2) is 48.8 Å². The Morgan fingerprint density at radius 3 is 2.49 bits per heavy atom. The molecule has 3 aromatic rings. The van der Waals surface area contributed by atoms with Gasteiger partial charge in [0.1, 0.15) is 30.4 Å². The zero-order valence-electron chi connectivity index (χ0n) is 21.7. The van der Waals surface area contributed by atoms with Gasteiger partial charge in [-0.1, -0.05) is 36.2 Å². The zero-order valence-corrected chi connectivity index (χ0v) is 23.2. The van der Waals surface area contributed by atoms with Crippen molar-refractivity contribution >= 4 is 23.2 Å². The van der Waals surface area contributed by atoms with E-state index in [-0.39, 0.29) is 5.60 Å². The third kappa shape index (κ3) is 7.11. The van der Waals surface area contributed by atoms with Gasteiger partial charge in [-0.05, 0) is 42.7 Å². The van der Waals surface area contributed by atoms with Crippen molar-refractivity contribution in [1.29, 1.82) is 0 Å². The number of likely N-dealkylation sites (tertiary alicyclic amines) is 1. The van der Waals surface area contributed by atoms with E-state index < -0.39 is 0 Å². The number of piperidine rings is 1. The molecule has 1 saturated heterocycles. The molecule has 9 heteroatoms. The van der Waals surface area contributed by atoms with Crippen LogP contribution in [0, 0.1) is 0 Å². The normalized spacial score (nSPS) is 15.5. The summed E-state index contributed by atoms with van der Waals surface area (Å²) in [6.45, 7) is 6.49. The molecule has 0 unspecified atom stereocenters. The van der Waals surface area contributed by atoms with Gasteiger partial charge in [0.2, 0.25) is 0 Å². The van der Waals surface area contributed by atoms with Crippen molar-refractivity contribution in [3.63, 3.8) is 0 Å². The number of benzene rings is 2. The van der Waals surface area contributed by atoms with Crippen LogP contribution in [-0.4, -0.2) is 60.6 Å². The molecular weight excluding hydrogens is 513 g/mol. The number of halogens is 2. The summed E-state index contributed by atoms with van der Waals surface area (Å²) in [5, 5.41) is 0.996. The standard InChI is InChI=1S/C28H35Cl2N3O4/c1-4-27-31-11-14-33(27)15-16-36-26-17-21(5-8-25(26)34-2)19-32-12-9-28(35-3,10-13-32)20-37-22-6-7-23(29)24(30)18-22/h5-8,11,14,17-18H,4,9-10,12-13,15-16,19-20H2,1-3H3. The molecular formula is C28H35Cl2N3O4. The predicted octanol–water partition coefficient (Wildman–Crippen LogP) is 5.90. The highest BCUT2D eigenvalue weighted by atomic mass is 35.5. The topological polar surface area (TPSA) is 58.0 Å². The molecule has 0 bridgehead atoms. The lowest BCUT2D eigenvalue weighted by Crippen LogP contribution is -2.48. The largest absolute Gasteiger partial charge is 0.493 e. The first kappa shape index (κ1) is 27.6. The Kier molecular flexibility index (Phi) is 9.60. The summed E-state index contributed by atoms with van der Waals surface area (Å²) in [5.41, 5.74) is 0.853. The van der Waals surface area contributed by atoms with Crippen molar-refractivity contribution in [3.8, 4) is 17.2 Å². The van der Waals surface area contributed by atoms with E-state index in [2.05, 4.69) is 33.5 Å². The lowest BCUT2D eigenvalue weighted by atomic mass is 9.91. The fourth-order valence-corrected chi connectivity index (χ4v) is 4.90. The number of nitrogens with zero attached hydrogens (tertiary/aromatic N) is 3. The Morgan fingerprint density at radius 2 is 1.78 bits per heavy atom. The Labute approximate surface area is 229 Å². The van der Waals surface area contributed by atoms with Crippen molar-refractivity contribution in [2.24, 2.45) is 0 Å². The number of hydrogen-bond donors (Lipinski definition) is 0. The van der Waals surface area contributed by atoms with Crippen molar-refractivity contribution < 1.29 is 18.9 Å². The molecule has 0 spiro atoms. The molecule has 0 atom stereocenters. The number of rotatable bonds is 12. The van der Waals surface area contributed by atoms with Crippen LogP contribution in [0.4, 0.5) is 0 Å². The molecule has 0 saturated carbocycles. The molecule has 0 radical (unpaired) electrons. The second-order valence-corrected chi connectivity index (χ2v) is 10.1. The van der Waals surface area contributed by atoms with Gasteiger partial charge in [0.25, 0.3) is 0 Å². The molecule has 1 aliphatic heterocycles. The summed E-state index contributed by atoms with van der Waals surface area (Å²) in [4.78, 5) is 6.80. The van der Waals surface area contributed by atoms with Crippen LogP contribution in [0.25, 0.3) is 0 Å². The van der Waals surface area contributed by atoms with Crippen LogP contribution >= 0.6 is 23.2 Å². The van der Waals surface area contributed by atoms with Crippen LogP contribution in [-0.2, 0) is 24.2 Å². The molecule has 2 aromatic carbocycles. The van der Waals surface area contributed by atoms with Gasteiger partial charge in [0.05, 0.1) is 23.7 Å². The van der Waals surface area contributed by atoms with Gasteiger partial charge in [-0.2, -0.15) is 0 Å². The van der Waals surface area contributed by atoms with E-state index in [1.54, 1.807) is 26.4 Å². The first-order chi connectivity index (χ1) is 17.9. The molecule has 200 valence electrons. The minimum atomic E-state index is -0.332. The highest BCUT2D eigenvalue weighted by molar-refractivity contribution is 6.42. The van der Waals surface area contributed by atoms with Crippen molar-refractivity contribution in [2.45, 2.75) is 44.9 Å². The molecule has 37 heavy (non-hydrogen) atoms. The van der Waals surface area contributed by atoms with E-state index in [0.717, 1.165) is 62.8 Å². The maximum Gasteiger partial charge on any atom is 0.161 e. The van der Waals surface area contributed by atoms with E-state index >= 15 is 0 Å². The van der Waals surface area contributed by atoms with Gasteiger partial charge in [-0.25, -0.2) is 4.98 Å². The van der Waals surface area contributed by atoms with Crippen LogP contribution in [0.2, 0.25) is 10.0 Å². The smallest absolute Gasteiger partial charge is 0.161 e. The molecule has 4 rings (SSSR count). The van der Waals surface area contributed by atoms with Crippen molar-refractivity contribution in [1.82, 2.24) is 14.5 Å². The molecule has 1 fully saturated rings. The van der Waals surface area contributed by atoms with Gasteiger partial charge in [0.15, 0.2) is 11.5 Å². The quantitative estimate of drug-likeness (QED) is 0.281. The van der Waals surface area contributed by atoms with E-state index in [9.17, 15) is 0 Å². The Morgan fingerprint density at radius 1 is 0.973 bits per heavy atom. The van der Waals surface area contributed by atoms with Crippen LogP contribution < -0.4 is 14.2 Å². The number of imidazole rings is 1. The number of aryl methyl sites for hydroxylation is 1. The lowest BCUT2D eigenvalue weighted by molar-refractivity contribution is -0.0839. The monoisotopic (exact) mass is 547 g/mol. The zero-order chi connectivity index (χ0) is 26.3. The summed E-state index contributed by atoms with van der Waals surface area (Å²) >= 11 is 12.1. The number of hydrogen-bond acceptors (Lipinski definition) is 6. The third-order valence-electron chi connectivity index (χ3n) is 6.94. The number of aromatic nitrogens is 2.